The van der Waals surface area contributed by atoms with Gasteiger partial charge < -0.3 is 4.42 Å². The first-order valence-corrected chi connectivity index (χ1v) is 9.72. The van der Waals surface area contributed by atoms with Crippen LogP contribution in [0, 0.1) is 6.92 Å². The summed E-state index contributed by atoms with van der Waals surface area (Å²) in [5.74, 6) is 1.32. The van der Waals surface area contributed by atoms with E-state index < -0.39 is 0 Å². The van der Waals surface area contributed by atoms with Crippen LogP contribution >= 0.6 is 11.8 Å². The minimum atomic E-state index is 0.0568. The molecule has 0 spiro atoms. The molecule has 1 atom stereocenters. The topological polar surface area (TPSA) is 56.0 Å². The maximum absolute atomic E-state index is 12.4. The van der Waals surface area contributed by atoms with E-state index in [1.54, 1.807) is 0 Å². The maximum atomic E-state index is 12.4. The molecule has 4 nitrogen and oxygen atoms in total. The number of aryl methyl sites for hydroxylation is 1. The van der Waals surface area contributed by atoms with E-state index in [2.05, 4.69) is 24.0 Å². The third kappa shape index (κ3) is 4.22. The summed E-state index contributed by atoms with van der Waals surface area (Å²) in [6.07, 6.45) is 1.09. The van der Waals surface area contributed by atoms with E-state index in [4.69, 9.17) is 4.42 Å². The Morgan fingerprint density at radius 1 is 1.12 bits per heavy atom. The Morgan fingerprint density at radius 2 is 1.85 bits per heavy atom. The first-order chi connectivity index (χ1) is 12.6. The first-order valence-electron chi connectivity index (χ1n) is 8.74. The van der Waals surface area contributed by atoms with Gasteiger partial charge in [-0.1, -0.05) is 68.1 Å². The predicted octanol–water partition coefficient (Wildman–Crippen LogP) is 5.53. The monoisotopic (exact) mass is 366 g/mol. The fourth-order valence-electron chi connectivity index (χ4n) is 2.63. The molecule has 5 heteroatoms. The van der Waals surface area contributed by atoms with Crippen molar-refractivity contribution >= 4 is 17.5 Å². The predicted molar refractivity (Wildman–Crippen MR) is 105 cm³/mol. The van der Waals surface area contributed by atoms with Crippen LogP contribution in [0.1, 0.15) is 47.7 Å². The Hall–Kier alpha value is -2.40. The zero-order valence-electron chi connectivity index (χ0n) is 15.2. The van der Waals surface area contributed by atoms with E-state index >= 15 is 0 Å². The summed E-state index contributed by atoms with van der Waals surface area (Å²) >= 11 is 1.27. The van der Waals surface area contributed by atoms with Gasteiger partial charge in [0.15, 0.2) is 5.78 Å². The summed E-state index contributed by atoms with van der Waals surface area (Å²) in [6.45, 7) is 6.35. The second-order valence-electron chi connectivity index (χ2n) is 6.33. The van der Waals surface area contributed by atoms with E-state index in [1.807, 2.05) is 55.5 Å². The third-order valence-electron chi connectivity index (χ3n) is 4.52. The average molecular weight is 366 g/mol. The number of ketones is 1. The molecular weight excluding hydrogens is 344 g/mol. The lowest BCUT2D eigenvalue weighted by Crippen LogP contribution is -2.03. The highest BCUT2D eigenvalue weighted by atomic mass is 32.2. The van der Waals surface area contributed by atoms with Crippen LogP contribution in [0.2, 0.25) is 0 Å². The lowest BCUT2D eigenvalue weighted by Gasteiger charge is -2.09. The number of Topliss-reactive ketones (excluding diaryl/α,β-unsaturated/α-hetero) is 1. The van der Waals surface area contributed by atoms with Crippen molar-refractivity contribution in [2.45, 2.75) is 38.3 Å². The van der Waals surface area contributed by atoms with E-state index in [0.717, 1.165) is 17.5 Å². The van der Waals surface area contributed by atoms with Crippen LogP contribution in [-0.2, 0) is 0 Å². The Morgan fingerprint density at radius 3 is 2.54 bits per heavy atom. The number of thioether (sulfide) groups is 1. The van der Waals surface area contributed by atoms with E-state index in [0.29, 0.717) is 22.6 Å². The van der Waals surface area contributed by atoms with Gasteiger partial charge in [-0.05, 0) is 36.5 Å². The molecule has 0 fully saturated rings. The molecular formula is C21H22N2O2S. The van der Waals surface area contributed by atoms with Gasteiger partial charge in [-0.3, -0.25) is 4.79 Å². The Balaban J connectivity index is 1.62. The largest absolute Gasteiger partial charge is 0.411 e. The number of nitrogens with zero attached hydrogens (tertiary/aromatic N) is 2. The zero-order chi connectivity index (χ0) is 18.5. The van der Waals surface area contributed by atoms with Gasteiger partial charge in [-0.25, -0.2) is 0 Å². The molecule has 26 heavy (non-hydrogen) atoms. The minimum absolute atomic E-state index is 0.0568. The highest BCUT2D eigenvalue weighted by molar-refractivity contribution is 7.99. The van der Waals surface area contributed by atoms with Crippen molar-refractivity contribution in [3.8, 4) is 11.5 Å². The van der Waals surface area contributed by atoms with Gasteiger partial charge in [0, 0.05) is 11.1 Å². The standard InChI is InChI=1S/C21H22N2O2S/c1-4-14(2)16-9-11-17(12-10-16)19(24)13-26-21-23-22-20(25-21)18-8-6-5-7-15(18)3/h5-12,14H,4,13H2,1-3H3/t14-/m1/s1. The van der Waals surface area contributed by atoms with Crippen LogP contribution in [0.3, 0.4) is 0 Å². The first kappa shape index (κ1) is 18.4. The molecule has 0 bridgehead atoms. The molecule has 0 amide bonds. The summed E-state index contributed by atoms with van der Waals surface area (Å²) in [7, 11) is 0. The SMILES string of the molecule is CC[C@@H](C)c1ccc(C(=O)CSc2nnc(-c3ccccc3C)o2)cc1. The molecule has 0 saturated heterocycles. The zero-order valence-corrected chi connectivity index (χ0v) is 16.0. The Bertz CT molecular complexity index is 887. The van der Waals surface area contributed by atoms with Gasteiger partial charge in [0.25, 0.3) is 5.22 Å². The van der Waals surface area contributed by atoms with Crippen molar-refractivity contribution in [1.29, 1.82) is 0 Å². The van der Waals surface area contributed by atoms with Crippen LogP contribution in [0.25, 0.3) is 11.5 Å². The third-order valence-corrected chi connectivity index (χ3v) is 5.34. The second kappa shape index (κ2) is 8.32. The van der Waals surface area contributed by atoms with Gasteiger partial charge in [0.1, 0.15) is 0 Å². The Labute approximate surface area is 158 Å². The molecule has 3 aromatic rings. The molecule has 0 radical (unpaired) electrons. The summed E-state index contributed by atoms with van der Waals surface area (Å²) in [5.41, 5.74) is 3.96. The highest BCUT2D eigenvalue weighted by Gasteiger charge is 2.14. The van der Waals surface area contributed by atoms with Crippen LogP contribution in [0.5, 0.6) is 0 Å². The van der Waals surface area contributed by atoms with Crippen LogP contribution in [0.15, 0.2) is 58.2 Å². The summed E-state index contributed by atoms with van der Waals surface area (Å²) in [5, 5.41) is 8.54. The number of carbonyl (C=O) groups excluding carboxylic acids is 1. The number of rotatable bonds is 7. The normalized spacial score (nSPS) is 12.1. The smallest absolute Gasteiger partial charge is 0.277 e. The van der Waals surface area contributed by atoms with Crippen LogP contribution in [-0.4, -0.2) is 21.7 Å². The molecule has 1 heterocycles. The number of carbonyl (C=O) groups is 1. The molecule has 3 rings (SSSR count). The van der Waals surface area contributed by atoms with Gasteiger partial charge in [0.05, 0.1) is 5.75 Å². The summed E-state index contributed by atoms with van der Waals surface area (Å²) < 4.78 is 5.69. The summed E-state index contributed by atoms with van der Waals surface area (Å²) in [4.78, 5) is 12.4. The summed E-state index contributed by atoms with van der Waals surface area (Å²) in [6, 6.07) is 15.7. The molecule has 0 saturated carbocycles. The van der Waals surface area contributed by atoms with Crippen molar-refractivity contribution in [3.05, 3.63) is 65.2 Å². The number of hydrogen-bond donors (Lipinski definition) is 0. The van der Waals surface area contributed by atoms with Gasteiger partial charge >= 0.3 is 0 Å². The number of hydrogen-bond acceptors (Lipinski definition) is 5. The maximum Gasteiger partial charge on any atom is 0.277 e. The second-order valence-corrected chi connectivity index (χ2v) is 7.26. The fraction of sp³-hybridized carbons (Fsp3) is 0.286. The van der Waals surface area contributed by atoms with Crippen molar-refractivity contribution in [1.82, 2.24) is 10.2 Å². The lowest BCUT2D eigenvalue weighted by atomic mass is 9.97. The van der Waals surface area contributed by atoms with Gasteiger partial charge in [0.2, 0.25) is 5.89 Å². The highest BCUT2D eigenvalue weighted by Crippen LogP contribution is 2.26. The molecule has 0 aliphatic carbocycles. The van der Waals surface area contributed by atoms with Crippen LogP contribution in [0.4, 0.5) is 0 Å². The molecule has 0 aliphatic rings. The van der Waals surface area contributed by atoms with Crippen molar-refractivity contribution in [2.24, 2.45) is 0 Å². The average Bonchev–Trinajstić information content (AvgIpc) is 3.14. The fourth-order valence-corrected chi connectivity index (χ4v) is 3.29. The lowest BCUT2D eigenvalue weighted by molar-refractivity contribution is 0.102. The molecule has 134 valence electrons. The number of benzene rings is 2. The van der Waals surface area contributed by atoms with Crippen LogP contribution < -0.4 is 0 Å². The molecule has 2 aromatic carbocycles. The molecule has 0 aliphatic heterocycles. The van der Waals surface area contributed by atoms with Gasteiger partial charge in [-0.15, -0.1) is 10.2 Å². The van der Waals surface area contributed by atoms with E-state index in [9.17, 15) is 4.79 Å². The minimum Gasteiger partial charge on any atom is -0.411 e. The Kier molecular flexibility index (Phi) is 5.89. The van der Waals surface area contributed by atoms with Crippen molar-refractivity contribution in [3.63, 3.8) is 0 Å². The van der Waals surface area contributed by atoms with Crippen molar-refractivity contribution < 1.29 is 9.21 Å². The quantitative estimate of drug-likeness (QED) is 0.406. The van der Waals surface area contributed by atoms with Crippen molar-refractivity contribution in [2.75, 3.05) is 5.75 Å². The molecule has 0 N–H and O–H groups in total. The number of aromatic nitrogens is 2. The van der Waals surface area contributed by atoms with E-state index in [-0.39, 0.29) is 11.5 Å². The van der Waals surface area contributed by atoms with E-state index in [1.165, 1.54) is 17.3 Å². The molecule has 1 aromatic heterocycles. The molecule has 0 unspecified atom stereocenters. The van der Waals surface area contributed by atoms with Gasteiger partial charge in [-0.2, -0.15) is 0 Å².